The number of hydrogen-bond donors (Lipinski definition) is 2. The number of alkyl halides is 1. The van der Waals surface area contributed by atoms with E-state index in [-0.39, 0.29) is 16.0 Å². The second kappa shape index (κ2) is 5.06. The van der Waals surface area contributed by atoms with E-state index in [2.05, 4.69) is 15.3 Å². The highest BCUT2D eigenvalue weighted by molar-refractivity contribution is 6.32. The molecule has 16 heavy (non-hydrogen) atoms. The highest BCUT2D eigenvalue weighted by Gasteiger charge is 2.22. The first-order valence-electron chi connectivity index (χ1n) is 5.28. The Morgan fingerprint density at radius 3 is 3.06 bits per heavy atom. The fourth-order valence-corrected chi connectivity index (χ4v) is 2.49. The largest absolute Gasteiger partial charge is 0.368 e. The van der Waals surface area contributed by atoms with E-state index in [9.17, 15) is 4.79 Å². The zero-order valence-electron chi connectivity index (χ0n) is 8.67. The van der Waals surface area contributed by atoms with Gasteiger partial charge in [0.2, 0.25) is 0 Å². The molecule has 4 nitrogen and oxygen atoms in total. The summed E-state index contributed by atoms with van der Waals surface area (Å²) in [4.78, 5) is 17.6. The second-order valence-corrected chi connectivity index (χ2v) is 5.05. The quantitative estimate of drug-likeness (QED) is 0.821. The van der Waals surface area contributed by atoms with Crippen LogP contribution in [0, 0.1) is 5.92 Å². The fraction of sp³-hybridized carbons (Fsp3) is 0.600. The van der Waals surface area contributed by atoms with Crippen LogP contribution in [-0.2, 0) is 0 Å². The third-order valence-corrected chi connectivity index (χ3v) is 3.58. The zero-order chi connectivity index (χ0) is 11.5. The van der Waals surface area contributed by atoms with Crippen LogP contribution < -0.4 is 10.9 Å². The molecule has 1 aromatic rings. The van der Waals surface area contributed by atoms with Gasteiger partial charge >= 0.3 is 0 Å². The number of H-pyrrole nitrogens is 1. The van der Waals surface area contributed by atoms with Gasteiger partial charge in [0.1, 0.15) is 5.02 Å². The van der Waals surface area contributed by atoms with Crippen molar-refractivity contribution < 1.29 is 0 Å². The number of halogens is 2. The molecule has 0 saturated heterocycles. The van der Waals surface area contributed by atoms with Crippen LogP contribution in [0.4, 0.5) is 5.82 Å². The van der Waals surface area contributed by atoms with E-state index < -0.39 is 0 Å². The summed E-state index contributed by atoms with van der Waals surface area (Å²) in [6, 6.07) is 0. The van der Waals surface area contributed by atoms with Gasteiger partial charge in [0, 0.05) is 11.9 Å². The standard InChI is InChI=1S/C10H13Cl2N3O/c11-7-2-1-6(3-7)4-13-9-8(12)10(16)15-5-14-9/h5-7H,1-4H2,(H2,13,14,15,16). The molecule has 1 heterocycles. The minimum Gasteiger partial charge on any atom is -0.368 e. The number of nitrogens with one attached hydrogen (secondary N) is 2. The van der Waals surface area contributed by atoms with E-state index in [1.54, 1.807) is 0 Å². The maximum absolute atomic E-state index is 11.2. The lowest BCUT2D eigenvalue weighted by atomic mass is 10.1. The fourth-order valence-electron chi connectivity index (χ4n) is 1.95. The number of hydrogen-bond acceptors (Lipinski definition) is 3. The van der Waals surface area contributed by atoms with Gasteiger partial charge in [0.05, 0.1) is 6.33 Å². The van der Waals surface area contributed by atoms with E-state index in [1.165, 1.54) is 6.33 Å². The molecule has 88 valence electrons. The number of rotatable bonds is 3. The smallest absolute Gasteiger partial charge is 0.271 e. The summed E-state index contributed by atoms with van der Waals surface area (Å²) >= 11 is 11.8. The molecular formula is C10H13Cl2N3O. The monoisotopic (exact) mass is 261 g/mol. The number of aromatic nitrogens is 2. The molecule has 0 aliphatic heterocycles. The first-order chi connectivity index (χ1) is 7.66. The minimum absolute atomic E-state index is 0.114. The topological polar surface area (TPSA) is 57.8 Å². The Labute approximate surface area is 103 Å². The summed E-state index contributed by atoms with van der Waals surface area (Å²) in [7, 11) is 0. The molecule has 0 aromatic carbocycles. The first-order valence-corrected chi connectivity index (χ1v) is 6.09. The van der Waals surface area contributed by atoms with Gasteiger partial charge in [-0.2, -0.15) is 0 Å². The SMILES string of the molecule is O=c1[nH]cnc(NCC2CCC(Cl)C2)c1Cl. The van der Waals surface area contributed by atoms with E-state index in [1.807, 2.05) is 0 Å². The molecule has 6 heteroatoms. The summed E-state index contributed by atoms with van der Waals surface area (Å²) in [5, 5.41) is 3.49. The zero-order valence-corrected chi connectivity index (χ0v) is 10.2. The van der Waals surface area contributed by atoms with E-state index in [4.69, 9.17) is 23.2 Å². The van der Waals surface area contributed by atoms with Crippen LogP contribution in [0.1, 0.15) is 19.3 Å². The summed E-state index contributed by atoms with van der Waals surface area (Å²) in [6.07, 6.45) is 4.53. The molecule has 0 amide bonds. The molecule has 1 aliphatic rings. The molecular weight excluding hydrogens is 249 g/mol. The molecule has 1 aromatic heterocycles. The van der Waals surface area contributed by atoms with Crippen LogP contribution in [0.3, 0.4) is 0 Å². The average Bonchev–Trinajstić information content (AvgIpc) is 2.67. The van der Waals surface area contributed by atoms with Gasteiger partial charge in [-0.05, 0) is 25.2 Å². The van der Waals surface area contributed by atoms with Gasteiger partial charge in [-0.15, -0.1) is 11.6 Å². The summed E-state index contributed by atoms with van der Waals surface area (Å²) in [5.74, 6) is 0.989. The van der Waals surface area contributed by atoms with Crippen molar-refractivity contribution in [1.82, 2.24) is 9.97 Å². The molecule has 2 atom stereocenters. The summed E-state index contributed by atoms with van der Waals surface area (Å²) in [5.41, 5.74) is -0.319. The predicted octanol–water partition coefficient (Wildman–Crippen LogP) is 2.24. The highest BCUT2D eigenvalue weighted by Crippen LogP contribution is 2.29. The van der Waals surface area contributed by atoms with Gasteiger partial charge in [0.25, 0.3) is 5.56 Å². The average molecular weight is 262 g/mol. The van der Waals surface area contributed by atoms with Crippen molar-refractivity contribution in [2.24, 2.45) is 5.92 Å². The molecule has 1 fully saturated rings. The molecule has 0 bridgehead atoms. The normalized spacial score (nSPS) is 24.6. The van der Waals surface area contributed by atoms with Crippen LogP contribution in [0.5, 0.6) is 0 Å². The molecule has 0 spiro atoms. The van der Waals surface area contributed by atoms with E-state index >= 15 is 0 Å². The second-order valence-electron chi connectivity index (χ2n) is 4.05. The lowest BCUT2D eigenvalue weighted by molar-refractivity contribution is 0.579. The van der Waals surface area contributed by atoms with Crippen LogP contribution in [-0.4, -0.2) is 21.9 Å². The molecule has 2 unspecified atom stereocenters. The third kappa shape index (κ3) is 2.68. The van der Waals surface area contributed by atoms with Crippen LogP contribution in [0.25, 0.3) is 0 Å². The maximum atomic E-state index is 11.2. The Morgan fingerprint density at radius 1 is 1.56 bits per heavy atom. The summed E-state index contributed by atoms with van der Waals surface area (Å²) in [6.45, 7) is 0.763. The Morgan fingerprint density at radius 2 is 2.38 bits per heavy atom. The van der Waals surface area contributed by atoms with Crippen molar-refractivity contribution in [3.05, 3.63) is 21.7 Å². The molecule has 0 radical (unpaired) electrons. The van der Waals surface area contributed by atoms with Crippen molar-refractivity contribution in [1.29, 1.82) is 0 Å². The van der Waals surface area contributed by atoms with Crippen molar-refractivity contribution >= 4 is 29.0 Å². The summed E-state index contributed by atoms with van der Waals surface area (Å²) < 4.78 is 0. The van der Waals surface area contributed by atoms with Gasteiger partial charge in [-0.1, -0.05) is 11.6 Å². The number of anilines is 1. The Kier molecular flexibility index (Phi) is 3.71. The molecule has 1 aliphatic carbocycles. The van der Waals surface area contributed by atoms with Crippen molar-refractivity contribution in [3.63, 3.8) is 0 Å². The molecule has 1 saturated carbocycles. The van der Waals surface area contributed by atoms with Crippen molar-refractivity contribution in [2.45, 2.75) is 24.6 Å². The van der Waals surface area contributed by atoms with Gasteiger partial charge < -0.3 is 10.3 Å². The Hall–Kier alpha value is -0.740. The first kappa shape index (κ1) is 11.7. The third-order valence-electron chi connectivity index (χ3n) is 2.83. The van der Waals surface area contributed by atoms with E-state index in [0.717, 1.165) is 25.8 Å². The van der Waals surface area contributed by atoms with Crippen LogP contribution in [0.2, 0.25) is 5.02 Å². The lowest BCUT2D eigenvalue weighted by Gasteiger charge is -2.11. The number of nitrogens with zero attached hydrogens (tertiary/aromatic N) is 1. The van der Waals surface area contributed by atoms with Crippen molar-refractivity contribution in [3.8, 4) is 0 Å². The van der Waals surface area contributed by atoms with Crippen LogP contribution in [0.15, 0.2) is 11.1 Å². The Balaban J connectivity index is 1.95. The van der Waals surface area contributed by atoms with E-state index in [0.29, 0.717) is 11.7 Å². The minimum atomic E-state index is -0.319. The van der Waals surface area contributed by atoms with Gasteiger partial charge in [-0.3, -0.25) is 4.79 Å². The lowest BCUT2D eigenvalue weighted by Crippen LogP contribution is -2.16. The van der Waals surface area contributed by atoms with Crippen molar-refractivity contribution in [2.75, 3.05) is 11.9 Å². The molecule has 2 rings (SSSR count). The Bertz CT molecular complexity index is 421. The van der Waals surface area contributed by atoms with Gasteiger partial charge in [-0.25, -0.2) is 4.98 Å². The predicted molar refractivity (Wildman–Crippen MR) is 65.3 cm³/mol. The van der Waals surface area contributed by atoms with Crippen LogP contribution >= 0.6 is 23.2 Å². The van der Waals surface area contributed by atoms with Gasteiger partial charge in [0.15, 0.2) is 5.82 Å². The number of aromatic amines is 1. The molecule has 2 N–H and O–H groups in total. The maximum Gasteiger partial charge on any atom is 0.271 e. The highest BCUT2D eigenvalue weighted by atomic mass is 35.5.